The number of halogens is 1. The Hall–Kier alpha value is 0.170. The van der Waals surface area contributed by atoms with Gasteiger partial charge in [-0.3, -0.25) is 4.90 Å². The fourth-order valence-corrected chi connectivity index (χ4v) is 1.68. The predicted molar refractivity (Wildman–Crippen MR) is 43.8 cm³/mol. The van der Waals surface area contributed by atoms with Crippen molar-refractivity contribution in [2.24, 2.45) is 5.41 Å². The lowest BCUT2D eigenvalue weighted by molar-refractivity contribution is -0.0308. The van der Waals surface area contributed by atoms with Gasteiger partial charge in [-0.15, -0.1) is 11.6 Å². The minimum absolute atomic E-state index is 0.0866. The summed E-state index contributed by atoms with van der Waals surface area (Å²) in [6.07, 6.45) is 0. The number of aliphatic hydroxyl groups excluding tert-OH is 2. The Labute approximate surface area is 71.6 Å². The molecular formula is C7H14ClNO2. The maximum Gasteiger partial charge on any atom is 0.0558 e. The van der Waals surface area contributed by atoms with Crippen LogP contribution in [0.3, 0.4) is 0 Å². The van der Waals surface area contributed by atoms with E-state index < -0.39 is 0 Å². The molecule has 1 aliphatic rings. The molecule has 0 aromatic carbocycles. The Morgan fingerprint density at radius 3 is 2.36 bits per heavy atom. The molecule has 0 spiro atoms. The van der Waals surface area contributed by atoms with Crippen LogP contribution in [-0.2, 0) is 0 Å². The number of likely N-dealkylation sites (tertiary alicyclic amines) is 1. The number of hydrogen-bond donors (Lipinski definition) is 2. The van der Waals surface area contributed by atoms with Crippen molar-refractivity contribution in [3.63, 3.8) is 0 Å². The molecule has 1 saturated heterocycles. The molecular weight excluding hydrogens is 166 g/mol. The van der Waals surface area contributed by atoms with Crippen molar-refractivity contribution in [2.45, 2.75) is 0 Å². The van der Waals surface area contributed by atoms with Gasteiger partial charge in [-0.2, -0.15) is 0 Å². The summed E-state index contributed by atoms with van der Waals surface area (Å²) >= 11 is 5.68. The second-order valence-corrected chi connectivity index (χ2v) is 3.49. The highest BCUT2D eigenvalue weighted by Crippen LogP contribution is 2.30. The Kier molecular flexibility index (Phi) is 3.13. The van der Waals surface area contributed by atoms with Crippen molar-refractivity contribution in [2.75, 3.05) is 38.7 Å². The summed E-state index contributed by atoms with van der Waals surface area (Å²) in [7, 11) is 0. The van der Waals surface area contributed by atoms with E-state index >= 15 is 0 Å². The fourth-order valence-electron chi connectivity index (χ4n) is 1.43. The molecule has 1 heterocycles. The van der Waals surface area contributed by atoms with E-state index in [9.17, 15) is 0 Å². The molecule has 11 heavy (non-hydrogen) atoms. The molecule has 2 N–H and O–H groups in total. The van der Waals surface area contributed by atoms with Gasteiger partial charge in [-0.1, -0.05) is 0 Å². The summed E-state index contributed by atoms with van der Waals surface area (Å²) < 4.78 is 0. The van der Waals surface area contributed by atoms with Crippen LogP contribution in [-0.4, -0.2) is 53.8 Å². The number of hydrogen-bond acceptors (Lipinski definition) is 3. The van der Waals surface area contributed by atoms with E-state index in [0.29, 0.717) is 12.4 Å². The van der Waals surface area contributed by atoms with Crippen LogP contribution in [0.25, 0.3) is 0 Å². The standard InChI is InChI=1S/C7H14ClNO2/c8-3-7(6-11)4-9(5-7)1-2-10/h10-11H,1-6H2. The van der Waals surface area contributed by atoms with E-state index in [2.05, 4.69) is 4.90 Å². The third kappa shape index (κ3) is 1.85. The number of β-amino-alcohol motifs (C(OH)–C–C–N with tert-alkyl or cyclic N) is 1. The molecule has 0 saturated carbocycles. The Morgan fingerprint density at radius 2 is 2.00 bits per heavy atom. The van der Waals surface area contributed by atoms with Crippen molar-refractivity contribution < 1.29 is 10.2 Å². The number of aliphatic hydroxyl groups is 2. The SMILES string of the molecule is OCCN1CC(CO)(CCl)C1. The summed E-state index contributed by atoms with van der Waals surface area (Å²) in [4.78, 5) is 2.08. The van der Waals surface area contributed by atoms with Gasteiger partial charge in [0.05, 0.1) is 13.2 Å². The van der Waals surface area contributed by atoms with Crippen LogP contribution in [0.15, 0.2) is 0 Å². The molecule has 66 valence electrons. The van der Waals surface area contributed by atoms with E-state index in [1.807, 2.05) is 0 Å². The molecule has 1 aliphatic heterocycles. The van der Waals surface area contributed by atoms with Crippen LogP contribution >= 0.6 is 11.6 Å². The lowest BCUT2D eigenvalue weighted by Crippen LogP contribution is -2.59. The molecule has 1 rings (SSSR count). The summed E-state index contributed by atoms with van der Waals surface area (Å²) in [6, 6.07) is 0. The van der Waals surface area contributed by atoms with Crippen LogP contribution in [0.5, 0.6) is 0 Å². The van der Waals surface area contributed by atoms with Crippen molar-refractivity contribution in [3.8, 4) is 0 Å². The Bertz CT molecular complexity index is 120. The molecule has 4 heteroatoms. The highest BCUT2D eigenvalue weighted by Gasteiger charge is 2.41. The van der Waals surface area contributed by atoms with E-state index in [1.165, 1.54) is 0 Å². The Balaban J connectivity index is 2.24. The minimum atomic E-state index is -0.0866. The van der Waals surface area contributed by atoms with E-state index in [0.717, 1.165) is 13.1 Å². The summed E-state index contributed by atoms with van der Waals surface area (Å²) in [5, 5.41) is 17.5. The zero-order chi connectivity index (χ0) is 8.32. The highest BCUT2D eigenvalue weighted by molar-refractivity contribution is 6.18. The first kappa shape index (κ1) is 9.26. The lowest BCUT2D eigenvalue weighted by atomic mass is 9.83. The zero-order valence-electron chi connectivity index (χ0n) is 6.46. The van der Waals surface area contributed by atoms with Gasteiger partial charge in [0.1, 0.15) is 0 Å². The smallest absolute Gasteiger partial charge is 0.0558 e. The fraction of sp³-hybridized carbons (Fsp3) is 1.00. The molecule has 0 aromatic rings. The number of alkyl halides is 1. The molecule has 0 bridgehead atoms. The van der Waals surface area contributed by atoms with Gasteiger partial charge in [0.25, 0.3) is 0 Å². The van der Waals surface area contributed by atoms with Gasteiger partial charge in [0, 0.05) is 30.9 Å². The molecule has 0 atom stereocenters. The summed E-state index contributed by atoms with van der Waals surface area (Å²) in [5.41, 5.74) is -0.0866. The monoisotopic (exact) mass is 179 g/mol. The lowest BCUT2D eigenvalue weighted by Gasteiger charge is -2.48. The van der Waals surface area contributed by atoms with Gasteiger partial charge in [0.2, 0.25) is 0 Å². The van der Waals surface area contributed by atoms with Crippen molar-refractivity contribution >= 4 is 11.6 Å². The predicted octanol–water partition coefficient (Wildman–Crippen LogP) is -0.488. The normalized spacial score (nSPS) is 23.2. The number of nitrogens with zero attached hydrogens (tertiary/aromatic N) is 1. The maximum atomic E-state index is 8.95. The van der Waals surface area contributed by atoms with E-state index in [4.69, 9.17) is 21.8 Å². The Morgan fingerprint density at radius 1 is 1.36 bits per heavy atom. The molecule has 1 fully saturated rings. The molecule has 0 unspecified atom stereocenters. The second-order valence-electron chi connectivity index (χ2n) is 3.23. The van der Waals surface area contributed by atoms with Gasteiger partial charge in [-0.05, 0) is 0 Å². The highest BCUT2D eigenvalue weighted by atomic mass is 35.5. The first-order valence-electron chi connectivity index (χ1n) is 3.76. The largest absolute Gasteiger partial charge is 0.396 e. The third-order valence-electron chi connectivity index (χ3n) is 2.15. The summed E-state index contributed by atoms with van der Waals surface area (Å²) in [6.45, 7) is 2.65. The van der Waals surface area contributed by atoms with Crippen LogP contribution in [0.4, 0.5) is 0 Å². The van der Waals surface area contributed by atoms with Crippen LogP contribution in [0.2, 0.25) is 0 Å². The minimum Gasteiger partial charge on any atom is -0.396 e. The first-order chi connectivity index (χ1) is 5.26. The van der Waals surface area contributed by atoms with Crippen molar-refractivity contribution in [3.05, 3.63) is 0 Å². The molecule has 0 amide bonds. The summed E-state index contributed by atoms with van der Waals surface area (Å²) in [5.74, 6) is 0.505. The zero-order valence-corrected chi connectivity index (χ0v) is 7.22. The van der Waals surface area contributed by atoms with Crippen LogP contribution in [0.1, 0.15) is 0 Å². The van der Waals surface area contributed by atoms with E-state index in [-0.39, 0.29) is 18.6 Å². The van der Waals surface area contributed by atoms with Gasteiger partial charge < -0.3 is 10.2 Å². The average molecular weight is 180 g/mol. The second kappa shape index (κ2) is 3.72. The van der Waals surface area contributed by atoms with Gasteiger partial charge in [0.15, 0.2) is 0 Å². The van der Waals surface area contributed by atoms with Crippen LogP contribution < -0.4 is 0 Å². The van der Waals surface area contributed by atoms with Gasteiger partial charge in [-0.25, -0.2) is 0 Å². The maximum absolute atomic E-state index is 8.95. The van der Waals surface area contributed by atoms with Crippen LogP contribution in [0, 0.1) is 5.41 Å². The van der Waals surface area contributed by atoms with E-state index in [1.54, 1.807) is 0 Å². The topological polar surface area (TPSA) is 43.7 Å². The van der Waals surface area contributed by atoms with Gasteiger partial charge >= 0.3 is 0 Å². The molecule has 3 nitrogen and oxygen atoms in total. The van der Waals surface area contributed by atoms with Crippen molar-refractivity contribution in [1.82, 2.24) is 4.90 Å². The number of rotatable bonds is 4. The quantitative estimate of drug-likeness (QED) is 0.573. The average Bonchev–Trinajstić information content (AvgIpc) is 1.96. The van der Waals surface area contributed by atoms with Crippen molar-refractivity contribution in [1.29, 1.82) is 0 Å². The third-order valence-corrected chi connectivity index (χ3v) is 2.72. The molecule has 0 radical (unpaired) electrons. The molecule has 0 aliphatic carbocycles. The first-order valence-corrected chi connectivity index (χ1v) is 4.30. The molecule has 0 aromatic heterocycles.